The molecule has 0 aromatic rings. The number of allylic oxidation sites excluding steroid dienone is 1. The van der Waals surface area contributed by atoms with Gasteiger partial charge in [0, 0.05) is 5.92 Å². The van der Waals surface area contributed by atoms with Gasteiger partial charge in [-0.1, -0.05) is 38.3 Å². The Kier molecular flexibility index (Phi) is 5.14. The molecule has 2 atom stereocenters. The standard InChI is InChI=1S/C12H22O/c1-2-3-5-10-12(13)11-8-6-4-7-9-11/h6,8,11-13H,2-5,7,9-10H2,1H3/t11-,12+/m1/s1. The van der Waals surface area contributed by atoms with Crippen LogP contribution >= 0.6 is 0 Å². The molecular formula is C12H22O. The SMILES string of the molecule is CCCCC[C@H](O)[C@@H]1C=CCCC1. The molecular weight excluding hydrogens is 160 g/mol. The van der Waals surface area contributed by atoms with E-state index >= 15 is 0 Å². The number of hydrogen-bond donors (Lipinski definition) is 1. The summed E-state index contributed by atoms with van der Waals surface area (Å²) in [6.45, 7) is 2.20. The van der Waals surface area contributed by atoms with Crippen molar-refractivity contribution in [3.05, 3.63) is 12.2 Å². The smallest absolute Gasteiger partial charge is 0.0602 e. The van der Waals surface area contributed by atoms with Gasteiger partial charge in [-0.05, 0) is 25.7 Å². The van der Waals surface area contributed by atoms with E-state index in [1.807, 2.05) is 0 Å². The summed E-state index contributed by atoms with van der Waals surface area (Å²) in [5.74, 6) is 0.450. The van der Waals surface area contributed by atoms with Gasteiger partial charge in [0.15, 0.2) is 0 Å². The molecule has 1 N–H and O–H groups in total. The van der Waals surface area contributed by atoms with Crippen molar-refractivity contribution in [2.75, 3.05) is 0 Å². The summed E-state index contributed by atoms with van der Waals surface area (Å²) in [6.07, 6.45) is 12.7. The van der Waals surface area contributed by atoms with Crippen molar-refractivity contribution < 1.29 is 5.11 Å². The lowest BCUT2D eigenvalue weighted by Gasteiger charge is -2.22. The number of rotatable bonds is 5. The Morgan fingerprint density at radius 2 is 2.31 bits per heavy atom. The lowest BCUT2D eigenvalue weighted by molar-refractivity contribution is 0.110. The number of unbranched alkanes of at least 4 members (excludes halogenated alkanes) is 2. The van der Waals surface area contributed by atoms with Crippen LogP contribution in [0.25, 0.3) is 0 Å². The van der Waals surface area contributed by atoms with Gasteiger partial charge in [-0.3, -0.25) is 0 Å². The Morgan fingerprint density at radius 3 is 2.92 bits per heavy atom. The van der Waals surface area contributed by atoms with Crippen LogP contribution in [0.1, 0.15) is 51.9 Å². The third kappa shape index (κ3) is 3.95. The Bertz CT molecular complexity index is 151. The summed E-state index contributed by atoms with van der Waals surface area (Å²) in [5, 5.41) is 9.85. The van der Waals surface area contributed by atoms with Gasteiger partial charge in [-0.2, -0.15) is 0 Å². The molecule has 76 valence electrons. The highest BCUT2D eigenvalue weighted by Gasteiger charge is 2.17. The van der Waals surface area contributed by atoms with Crippen molar-refractivity contribution in [2.24, 2.45) is 5.92 Å². The quantitative estimate of drug-likeness (QED) is 0.511. The van der Waals surface area contributed by atoms with Gasteiger partial charge in [-0.25, -0.2) is 0 Å². The van der Waals surface area contributed by atoms with Crippen molar-refractivity contribution >= 4 is 0 Å². The van der Waals surface area contributed by atoms with E-state index in [4.69, 9.17) is 0 Å². The molecule has 0 unspecified atom stereocenters. The fraction of sp³-hybridized carbons (Fsp3) is 0.833. The fourth-order valence-electron chi connectivity index (χ4n) is 1.98. The van der Waals surface area contributed by atoms with Gasteiger partial charge in [0.1, 0.15) is 0 Å². The van der Waals surface area contributed by atoms with Gasteiger partial charge >= 0.3 is 0 Å². The van der Waals surface area contributed by atoms with Crippen LogP contribution in [0.4, 0.5) is 0 Å². The minimum Gasteiger partial charge on any atom is -0.393 e. The second-order valence-electron chi connectivity index (χ2n) is 4.09. The topological polar surface area (TPSA) is 20.2 Å². The molecule has 1 aliphatic carbocycles. The normalized spacial score (nSPS) is 24.6. The molecule has 0 saturated carbocycles. The maximum absolute atomic E-state index is 9.85. The summed E-state index contributed by atoms with van der Waals surface area (Å²) in [4.78, 5) is 0. The van der Waals surface area contributed by atoms with E-state index in [1.54, 1.807) is 0 Å². The Labute approximate surface area is 81.9 Å². The molecule has 13 heavy (non-hydrogen) atoms. The van der Waals surface area contributed by atoms with E-state index in [0.29, 0.717) is 5.92 Å². The van der Waals surface area contributed by atoms with Crippen molar-refractivity contribution in [1.29, 1.82) is 0 Å². The summed E-state index contributed by atoms with van der Waals surface area (Å²) < 4.78 is 0. The van der Waals surface area contributed by atoms with Gasteiger partial charge in [0.2, 0.25) is 0 Å². The zero-order valence-electron chi connectivity index (χ0n) is 8.71. The van der Waals surface area contributed by atoms with Crippen LogP contribution in [0.15, 0.2) is 12.2 Å². The number of aliphatic hydroxyl groups excluding tert-OH is 1. The zero-order valence-corrected chi connectivity index (χ0v) is 8.71. The molecule has 1 heteroatoms. The molecule has 0 saturated heterocycles. The van der Waals surface area contributed by atoms with Crippen LogP contribution in [-0.4, -0.2) is 11.2 Å². The van der Waals surface area contributed by atoms with Gasteiger partial charge in [0.25, 0.3) is 0 Å². The highest BCUT2D eigenvalue weighted by atomic mass is 16.3. The van der Waals surface area contributed by atoms with Crippen LogP contribution in [0.5, 0.6) is 0 Å². The predicted molar refractivity (Wildman–Crippen MR) is 56.6 cm³/mol. The van der Waals surface area contributed by atoms with E-state index in [-0.39, 0.29) is 6.10 Å². The minimum atomic E-state index is -0.0805. The molecule has 0 aromatic carbocycles. The monoisotopic (exact) mass is 182 g/mol. The van der Waals surface area contributed by atoms with Crippen molar-refractivity contribution in [3.8, 4) is 0 Å². The van der Waals surface area contributed by atoms with Crippen molar-refractivity contribution in [3.63, 3.8) is 0 Å². The molecule has 0 fully saturated rings. The van der Waals surface area contributed by atoms with E-state index < -0.39 is 0 Å². The first-order valence-electron chi connectivity index (χ1n) is 5.69. The number of aliphatic hydroxyl groups is 1. The molecule has 0 radical (unpaired) electrons. The van der Waals surface area contributed by atoms with E-state index in [1.165, 1.54) is 38.5 Å². The maximum atomic E-state index is 9.85. The van der Waals surface area contributed by atoms with Crippen LogP contribution < -0.4 is 0 Å². The highest BCUT2D eigenvalue weighted by Crippen LogP contribution is 2.23. The fourth-order valence-corrected chi connectivity index (χ4v) is 1.98. The van der Waals surface area contributed by atoms with Gasteiger partial charge < -0.3 is 5.11 Å². The van der Waals surface area contributed by atoms with E-state index in [2.05, 4.69) is 19.1 Å². The predicted octanol–water partition coefficient (Wildman–Crippen LogP) is 3.28. The molecule has 1 nitrogen and oxygen atoms in total. The first-order valence-corrected chi connectivity index (χ1v) is 5.69. The third-order valence-corrected chi connectivity index (χ3v) is 2.89. The van der Waals surface area contributed by atoms with Crippen molar-refractivity contribution in [1.82, 2.24) is 0 Å². The molecule has 0 bridgehead atoms. The second-order valence-corrected chi connectivity index (χ2v) is 4.09. The van der Waals surface area contributed by atoms with Gasteiger partial charge in [0.05, 0.1) is 6.10 Å². The lowest BCUT2D eigenvalue weighted by Crippen LogP contribution is -2.19. The average molecular weight is 182 g/mol. The molecule has 0 amide bonds. The van der Waals surface area contributed by atoms with Crippen LogP contribution in [-0.2, 0) is 0 Å². The van der Waals surface area contributed by atoms with Crippen molar-refractivity contribution in [2.45, 2.75) is 58.0 Å². The maximum Gasteiger partial charge on any atom is 0.0602 e. The molecule has 0 heterocycles. The zero-order chi connectivity index (χ0) is 9.52. The summed E-state index contributed by atoms with van der Waals surface area (Å²) >= 11 is 0. The van der Waals surface area contributed by atoms with Crippen LogP contribution in [0.2, 0.25) is 0 Å². The van der Waals surface area contributed by atoms with Crippen LogP contribution in [0, 0.1) is 5.92 Å². The molecule has 1 aliphatic rings. The summed E-state index contributed by atoms with van der Waals surface area (Å²) in [5.41, 5.74) is 0. The first-order chi connectivity index (χ1) is 6.34. The molecule has 0 aliphatic heterocycles. The molecule has 0 aromatic heterocycles. The van der Waals surface area contributed by atoms with E-state index in [0.717, 1.165) is 6.42 Å². The average Bonchev–Trinajstić information content (AvgIpc) is 2.19. The minimum absolute atomic E-state index is 0.0805. The Hall–Kier alpha value is -0.300. The third-order valence-electron chi connectivity index (χ3n) is 2.89. The molecule has 1 rings (SSSR count). The number of hydrogen-bond acceptors (Lipinski definition) is 1. The summed E-state index contributed by atoms with van der Waals surface area (Å²) in [6, 6.07) is 0. The van der Waals surface area contributed by atoms with E-state index in [9.17, 15) is 5.11 Å². The lowest BCUT2D eigenvalue weighted by atomic mass is 9.88. The second kappa shape index (κ2) is 6.20. The molecule has 0 spiro atoms. The Morgan fingerprint density at radius 1 is 1.46 bits per heavy atom. The van der Waals surface area contributed by atoms with Gasteiger partial charge in [-0.15, -0.1) is 0 Å². The Balaban J connectivity index is 2.17. The highest BCUT2D eigenvalue weighted by molar-refractivity contribution is 4.95. The largest absolute Gasteiger partial charge is 0.393 e. The summed E-state index contributed by atoms with van der Waals surface area (Å²) in [7, 11) is 0. The van der Waals surface area contributed by atoms with Crippen LogP contribution in [0.3, 0.4) is 0 Å². The first kappa shape index (κ1) is 10.8.